The highest BCUT2D eigenvalue weighted by Crippen LogP contribution is 2.56. The molecular formula is C21H20N2O2. The number of fused-ring (bicyclic) bond motifs is 3. The van der Waals surface area contributed by atoms with Gasteiger partial charge in [0.1, 0.15) is 11.4 Å². The quantitative estimate of drug-likeness (QED) is 0.843. The Morgan fingerprint density at radius 1 is 1.16 bits per heavy atom. The topological polar surface area (TPSA) is 41.6 Å². The summed E-state index contributed by atoms with van der Waals surface area (Å²) < 4.78 is 5.27. The maximum atomic E-state index is 13.4. The molecule has 3 aliphatic rings. The third-order valence-electron chi connectivity index (χ3n) is 5.86. The Bertz CT molecular complexity index is 874. The van der Waals surface area contributed by atoms with Crippen LogP contribution in [-0.4, -0.2) is 18.7 Å². The normalized spacial score (nSPS) is 29.0. The Morgan fingerprint density at radius 2 is 1.96 bits per heavy atom. The monoisotopic (exact) mass is 332 g/mol. The summed E-state index contributed by atoms with van der Waals surface area (Å²) >= 11 is 0. The molecule has 2 aliphatic carbocycles. The number of methoxy groups -OCH3 is 1. The summed E-state index contributed by atoms with van der Waals surface area (Å²) in [6, 6.07) is 15.6. The lowest BCUT2D eigenvalue weighted by molar-refractivity contribution is 0.0725. The van der Waals surface area contributed by atoms with Crippen molar-refractivity contribution in [2.75, 3.05) is 17.3 Å². The van der Waals surface area contributed by atoms with Crippen LogP contribution in [0.1, 0.15) is 23.2 Å². The fourth-order valence-corrected chi connectivity index (χ4v) is 4.66. The lowest BCUT2D eigenvalue weighted by Crippen LogP contribution is -2.71. The van der Waals surface area contributed by atoms with Gasteiger partial charge in [-0.25, -0.2) is 0 Å². The Labute approximate surface area is 147 Å². The predicted octanol–water partition coefficient (Wildman–Crippen LogP) is 4.06. The summed E-state index contributed by atoms with van der Waals surface area (Å²) in [4.78, 5) is 15.4. The van der Waals surface area contributed by atoms with Crippen LogP contribution in [0.5, 0.6) is 5.75 Å². The zero-order chi connectivity index (χ0) is 17.0. The molecule has 5 rings (SSSR count). The van der Waals surface area contributed by atoms with Crippen LogP contribution >= 0.6 is 0 Å². The average molecular weight is 332 g/mol. The van der Waals surface area contributed by atoms with E-state index in [1.165, 1.54) is 0 Å². The maximum absolute atomic E-state index is 13.4. The van der Waals surface area contributed by atoms with Crippen LogP contribution in [0.2, 0.25) is 0 Å². The van der Waals surface area contributed by atoms with Crippen LogP contribution < -0.4 is 15.0 Å². The summed E-state index contributed by atoms with van der Waals surface area (Å²) in [6.45, 7) is 0. The first-order valence-electron chi connectivity index (χ1n) is 8.75. The van der Waals surface area contributed by atoms with Gasteiger partial charge in [-0.2, -0.15) is 0 Å². The van der Waals surface area contributed by atoms with E-state index in [0.717, 1.165) is 35.5 Å². The number of carbonyl (C=O) groups excluding carboxylic acids is 1. The van der Waals surface area contributed by atoms with Gasteiger partial charge in [-0.1, -0.05) is 24.3 Å². The lowest BCUT2D eigenvalue weighted by Gasteiger charge is -2.60. The van der Waals surface area contributed by atoms with Crippen molar-refractivity contribution in [1.29, 1.82) is 0 Å². The third-order valence-corrected chi connectivity index (χ3v) is 5.86. The van der Waals surface area contributed by atoms with E-state index in [-0.39, 0.29) is 11.6 Å². The molecule has 4 nitrogen and oxygen atoms in total. The highest BCUT2D eigenvalue weighted by Gasteiger charge is 2.61. The number of nitrogens with zero attached hydrogens (tertiary/aromatic N) is 1. The summed E-state index contributed by atoms with van der Waals surface area (Å²) in [5.41, 5.74) is 2.22. The molecule has 126 valence electrons. The average Bonchev–Trinajstić information content (AvgIpc) is 3.04. The molecule has 1 saturated carbocycles. The smallest absolute Gasteiger partial charge is 0.262 e. The van der Waals surface area contributed by atoms with Crippen LogP contribution in [-0.2, 0) is 0 Å². The van der Waals surface area contributed by atoms with Crippen molar-refractivity contribution in [1.82, 2.24) is 0 Å². The van der Waals surface area contributed by atoms with E-state index in [2.05, 4.69) is 17.5 Å². The number of amides is 1. The number of para-hydroxylation sites is 1. The summed E-state index contributed by atoms with van der Waals surface area (Å²) in [5, 5.41) is 3.71. The minimum Gasteiger partial charge on any atom is -0.497 e. The number of hydrogen-bond donors (Lipinski definition) is 1. The number of hydrogen-bond acceptors (Lipinski definition) is 3. The van der Waals surface area contributed by atoms with Crippen molar-refractivity contribution in [2.24, 2.45) is 11.8 Å². The molecule has 2 aromatic rings. The molecule has 3 atom stereocenters. The fraction of sp³-hybridized carbons (Fsp3) is 0.286. The Balaban J connectivity index is 1.65. The highest BCUT2D eigenvalue weighted by molar-refractivity contribution is 6.13. The molecule has 0 bridgehead atoms. The van der Waals surface area contributed by atoms with Gasteiger partial charge in [0, 0.05) is 17.3 Å². The number of carbonyl (C=O) groups is 1. The molecular weight excluding hydrogens is 312 g/mol. The number of allylic oxidation sites excluding steroid dienone is 1. The fourth-order valence-electron chi connectivity index (χ4n) is 4.66. The molecule has 25 heavy (non-hydrogen) atoms. The zero-order valence-electron chi connectivity index (χ0n) is 14.1. The van der Waals surface area contributed by atoms with Gasteiger partial charge >= 0.3 is 0 Å². The number of rotatable bonds is 2. The van der Waals surface area contributed by atoms with Gasteiger partial charge in [-0.05, 0) is 55.2 Å². The first kappa shape index (κ1) is 14.6. The highest BCUT2D eigenvalue weighted by atomic mass is 16.5. The van der Waals surface area contributed by atoms with Crippen LogP contribution in [0.3, 0.4) is 0 Å². The van der Waals surface area contributed by atoms with Gasteiger partial charge in [0.25, 0.3) is 5.91 Å². The molecule has 1 heterocycles. The molecule has 1 spiro atoms. The van der Waals surface area contributed by atoms with Gasteiger partial charge in [0.15, 0.2) is 0 Å². The van der Waals surface area contributed by atoms with Crippen molar-refractivity contribution in [2.45, 2.75) is 18.5 Å². The molecule has 0 saturated heterocycles. The second kappa shape index (κ2) is 5.12. The molecule has 1 aliphatic heterocycles. The van der Waals surface area contributed by atoms with Crippen molar-refractivity contribution in [3.05, 3.63) is 66.2 Å². The summed E-state index contributed by atoms with van der Waals surface area (Å²) in [5.74, 6) is 1.85. The number of nitrogens with one attached hydrogen (secondary N) is 1. The minimum absolute atomic E-state index is 0.0678. The number of ether oxygens (including phenoxy) is 1. The maximum Gasteiger partial charge on any atom is 0.262 e. The Hall–Kier alpha value is -2.75. The van der Waals surface area contributed by atoms with Crippen LogP contribution in [0.25, 0.3) is 0 Å². The summed E-state index contributed by atoms with van der Waals surface area (Å²) in [7, 11) is 1.65. The van der Waals surface area contributed by atoms with E-state index in [0.29, 0.717) is 11.8 Å². The molecule has 1 fully saturated rings. The molecule has 0 unspecified atom stereocenters. The SMILES string of the molecule is COc1ccc(N2C(=O)c3ccccc3N[C@]23C[C@H]2CC=C[C@H]23)cc1. The Kier molecular flexibility index (Phi) is 2.99. The van der Waals surface area contributed by atoms with Gasteiger partial charge < -0.3 is 10.1 Å². The van der Waals surface area contributed by atoms with E-state index in [1.807, 2.05) is 53.4 Å². The number of benzene rings is 2. The first-order chi connectivity index (χ1) is 12.2. The van der Waals surface area contributed by atoms with Crippen molar-refractivity contribution in [3.63, 3.8) is 0 Å². The molecule has 2 aromatic carbocycles. The number of anilines is 2. The largest absolute Gasteiger partial charge is 0.497 e. The third kappa shape index (κ3) is 1.91. The molecule has 4 heteroatoms. The van der Waals surface area contributed by atoms with Gasteiger partial charge in [0.05, 0.1) is 12.7 Å². The van der Waals surface area contributed by atoms with E-state index in [9.17, 15) is 4.79 Å². The molecule has 1 N–H and O–H groups in total. The molecule has 0 aromatic heterocycles. The molecule has 1 amide bonds. The van der Waals surface area contributed by atoms with Crippen LogP contribution in [0.4, 0.5) is 11.4 Å². The van der Waals surface area contributed by atoms with Gasteiger partial charge in [-0.15, -0.1) is 0 Å². The van der Waals surface area contributed by atoms with Gasteiger partial charge in [-0.3, -0.25) is 9.69 Å². The minimum atomic E-state index is -0.363. The lowest BCUT2D eigenvalue weighted by atomic mass is 9.63. The second-order valence-electron chi connectivity index (χ2n) is 7.09. The van der Waals surface area contributed by atoms with E-state index < -0.39 is 0 Å². The van der Waals surface area contributed by atoms with Crippen molar-refractivity contribution < 1.29 is 9.53 Å². The second-order valence-corrected chi connectivity index (χ2v) is 7.09. The van der Waals surface area contributed by atoms with Crippen LogP contribution in [0.15, 0.2) is 60.7 Å². The van der Waals surface area contributed by atoms with Gasteiger partial charge in [0.2, 0.25) is 0 Å². The molecule has 0 radical (unpaired) electrons. The van der Waals surface area contributed by atoms with Crippen molar-refractivity contribution in [3.8, 4) is 5.75 Å². The first-order valence-corrected chi connectivity index (χ1v) is 8.75. The predicted molar refractivity (Wildman–Crippen MR) is 98.0 cm³/mol. The van der Waals surface area contributed by atoms with E-state index >= 15 is 0 Å². The standard InChI is InChI=1S/C21H20N2O2/c1-25-16-11-9-15(10-12-16)23-20(24)17-6-2-3-8-19(17)22-21(23)13-14-5-4-7-18(14)21/h2-4,6-12,14,18,22H,5,13H2,1H3/t14-,18-,21-/m1/s1. The van der Waals surface area contributed by atoms with E-state index in [1.54, 1.807) is 7.11 Å². The van der Waals surface area contributed by atoms with Crippen LogP contribution in [0, 0.1) is 11.8 Å². The zero-order valence-corrected chi connectivity index (χ0v) is 14.1. The van der Waals surface area contributed by atoms with E-state index in [4.69, 9.17) is 4.74 Å². The van der Waals surface area contributed by atoms with Crippen molar-refractivity contribution >= 4 is 17.3 Å². The Morgan fingerprint density at radius 3 is 2.72 bits per heavy atom. The summed E-state index contributed by atoms with van der Waals surface area (Å²) in [6.07, 6.45) is 6.61.